The van der Waals surface area contributed by atoms with Crippen LogP contribution in [0.2, 0.25) is 0 Å². The Morgan fingerprint density at radius 3 is 3.00 bits per heavy atom. The van der Waals surface area contributed by atoms with Gasteiger partial charge in [-0.25, -0.2) is 4.98 Å². The number of aromatic nitrogens is 1. The summed E-state index contributed by atoms with van der Waals surface area (Å²) in [5.74, 6) is 0. The molecule has 0 N–H and O–H groups in total. The van der Waals surface area contributed by atoms with Crippen LogP contribution in [-0.2, 0) is 6.42 Å². The van der Waals surface area contributed by atoms with E-state index in [1.54, 1.807) is 29.7 Å². The quantitative estimate of drug-likeness (QED) is 0.612. The number of rotatable bonds is 4. The first-order valence-electron chi connectivity index (χ1n) is 5.40. The topological polar surface area (TPSA) is 56.0 Å². The summed E-state index contributed by atoms with van der Waals surface area (Å²) in [7, 11) is 0. The van der Waals surface area contributed by atoms with Gasteiger partial charge in [0.2, 0.25) is 0 Å². The minimum absolute atomic E-state index is 0.118. The third kappa shape index (κ3) is 2.68. The SMILES string of the molecule is CCCc1ncc(-c2cccc([N+](=O)[O-])c2)s1. The van der Waals surface area contributed by atoms with Gasteiger partial charge in [0.25, 0.3) is 5.69 Å². The summed E-state index contributed by atoms with van der Waals surface area (Å²) in [4.78, 5) is 15.6. The minimum atomic E-state index is -0.377. The van der Waals surface area contributed by atoms with Crippen LogP contribution in [0.15, 0.2) is 30.5 Å². The van der Waals surface area contributed by atoms with Crippen LogP contribution in [0.4, 0.5) is 5.69 Å². The number of nitrogens with zero attached hydrogens (tertiary/aromatic N) is 2. The van der Waals surface area contributed by atoms with Crippen LogP contribution in [0.3, 0.4) is 0 Å². The summed E-state index contributed by atoms with van der Waals surface area (Å²) in [6.07, 6.45) is 3.80. The Kier molecular flexibility index (Phi) is 3.49. The molecule has 0 saturated carbocycles. The lowest BCUT2D eigenvalue weighted by molar-refractivity contribution is -0.384. The molecule has 1 heterocycles. The van der Waals surface area contributed by atoms with Crippen molar-refractivity contribution < 1.29 is 4.92 Å². The maximum Gasteiger partial charge on any atom is 0.270 e. The Bertz CT molecular complexity index is 537. The number of non-ortho nitro benzene ring substituents is 1. The van der Waals surface area contributed by atoms with Gasteiger partial charge in [-0.2, -0.15) is 0 Å². The molecule has 1 aromatic carbocycles. The van der Waals surface area contributed by atoms with E-state index < -0.39 is 0 Å². The summed E-state index contributed by atoms with van der Waals surface area (Å²) in [5, 5.41) is 11.8. The Labute approximate surface area is 103 Å². The van der Waals surface area contributed by atoms with E-state index in [0.717, 1.165) is 28.3 Å². The molecule has 0 radical (unpaired) electrons. The second-order valence-electron chi connectivity index (χ2n) is 3.68. The van der Waals surface area contributed by atoms with Crippen molar-refractivity contribution in [1.82, 2.24) is 4.98 Å². The number of thiazole rings is 1. The molecule has 0 bridgehead atoms. The van der Waals surface area contributed by atoms with Crippen LogP contribution in [-0.4, -0.2) is 9.91 Å². The molecule has 88 valence electrons. The Hall–Kier alpha value is -1.75. The molecule has 0 amide bonds. The molecule has 0 aliphatic rings. The molecule has 0 aliphatic heterocycles. The highest BCUT2D eigenvalue weighted by Gasteiger charge is 2.09. The molecule has 5 heteroatoms. The monoisotopic (exact) mass is 248 g/mol. The first-order valence-corrected chi connectivity index (χ1v) is 6.22. The summed E-state index contributed by atoms with van der Waals surface area (Å²) in [6, 6.07) is 6.66. The van der Waals surface area contributed by atoms with Gasteiger partial charge in [-0.3, -0.25) is 10.1 Å². The Morgan fingerprint density at radius 1 is 1.47 bits per heavy atom. The smallest absolute Gasteiger partial charge is 0.258 e. The number of aryl methyl sites for hydroxylation is 1. The maximum atomic E-state index is 10.7. The third-order valence-electron chi connectivity index (χ3n) is 2.36. The van der Waals surface area contributed by atoms with E-state index in [1.165, 1.54) is 6.07 Å². The summed E-state index contributed by atoms with van der Waals surface area (Å²) in [5.41, 5.74) is 0.979. The van der Waals surface area contributed by atoms with Crippen molar-refractivity contribution in [3.8, 4) is 10.4 Å². The number of hydrogen-bond acceptors (Lipinski definition) is 4. The standard InChI is InChI=1S/C12H12N2O2S/c1-2-4-12-13-8-11(17-12)9-5-3-6-10(7-9)14(15)16/h3,5-8H,2,4H2,1H3. The lowest BCUT2D eigenvalue weighted by Gasteiger charge is -1.96. The van der Waals surface area contributed by atoms with Crippen LogP contribution in [0.1, 0.15) is 18.4 Å². The van der Waals surface area contributed by atoms with Gasteiger partial charge < -0.3 is 0 Å². The summed E-state index contributed by atoms with van der Waals surface area (Å²) < 4.78 is 0. The lowest BCUT2D eigenvalue weighted by atomic mass is 10.2. The molecule has 0 spiro atoms. The third-order valence-corrected chi connectivity index (χ3v) is 3.47. The fourth-order valence-corrected chi connectivity index (χ4v) is 2.56. The number of hydrogen-bond donors (Lipinski definition) is 0. The zero-order valence-corrected chi connectivity index (χ0v) is 10.2. The highest BCUT2D eigenvalue weighted by atomic mass is 32.1. The summed E-state index contributed by atoms with van der Waals surface area (Å²) in [6.45, 7) is 2.11. The van der Waals surface area contributed by atoms with Crippen molar-refractivity contribution in [3.63, 3.8) is 0 Å². The van der Waals surface area contributed by atoms with Crippen LogP contribution in [0.25, 0.3) is 10.4 Å². The first-order chi connectivity index (χ1) is 8.20. The average Bonchev–Trinajstić information content (AvgIpc) is 2.78. The van der Waals surface area contributed by atoms with E-state index in [9.17, 15) is 10.1 Å². The summed E-state index contributed by atoms with van der Waals surface area (Å²) >= 11 is 1.60. The lowest BCUT2D eigenvalue weighted by Crippen LogP contribution is -1.87. The largest absolute Gasteiger partial charge is 0.270 e. The van der Waals surface area contributed by atoms with E-state index in [1.807, 2.05) is 6.07 Å². The molecule has 0 atom stereocenters. The minimum Gasteiger partial charge on any atom is -0.258 e. The normalized spacial score (nSPS) is 10.4. The van der Waals surface area contributed by atoms with Crippen molar-refractivity contribution in [3.05, 3.63) is 45.6 Å². The average molecular weight is 248 g/mol. The zero-order chi connectivity index (χ0) is 12.3. The number of nitro benzene ring substituents is 1. The van der Waals surface area contributed by atoms with Crippen molar-refractivity contribution in [2.24, 2.45) is 0 Å². The molecule has 1 aromatic heterocycles. The molecule has 17 heavy (non-hydrogen) atoms. The van der Waals surface area contributed by atoms with Crippen LogP contribution in [0, 0.1) is 10.1 Å². The maximum absolute atomic E-state index is 10.7. The van der Waals surface area contributed by atoms with E-state index >= 15 is 0 Å². The van der Waals surface area contributed by atoms with Gasteiger partial charge in [-0.15, -0.1) is 11.3 Å². The molecule has 0 fully saturated rings. The fraction of sp³-hybridized carbons (Fsp3) is 0.250. The van der Waals surface area contributed by atoms with Crippen molar-refractivity contribution in [2.75, 3.05) is 0 Å². The first kappa shape index (κ1) is 11.7. The highest BCUT2D eigenvalue weighted by molar-refractivity contribution is 7.15. The van der Waals surface area contributed by atoms with Crippen molar-refractivity contribution >= 4 is 17.0 Å². The predicted octanol–water partition coefficient (Wildman–Crippen LogP) is 3.67. The van der Waals surface area contributed by atoms with Crippen LogP contribution < -0.4 is 0 Å². The number of benzene rings is 1. The van der Waals surface area contributed by atoms with E-state index in [-0.39, 0.29) is 10.6 Å². The molecule has 2 aromatic rings. The highest BCUT2D eigenvalue weighted by Crippen LogP contribution is 2.29. The Balaban J connectivity index is 2.32. The van der Waals surface area contributed by atoms with Gasteiger partial charge >= 0.3 is 0 Å². The second-order valence-corrected chi connectivity index (χ2v) is 4.79. The second kappa shape index (κ2) is 5.05. The number of nitro groups is 1. The molecule has 2 rings (SSSR count). The molecular formula is C12H12N2O2S. The van der Waals surface area contributed by atoms with Crippen molar-refractivity contribution in [1.29, 1.82) is 0 Å². The van der Waals surface area contributed by atoms with E-state index in [2.05, 4.69) is 11.9 Å². The van der Waals surface area contributed by atoms with Gasteiger partial charge in [0.1, 0.15) is 0 Å². The van der Waals surface area contributed by atoms with E-state index in [4.69, 9.17) is 0 Å². The fourth-order valence-electron chi connectivity index (χ4n) is 1.55. The van der Waals surface area contributed by atoms with Crippen LogP contribution >= 0.6 is 11.3 Å². The molecule has 0 aliphatic carbocycles. The van der Waals surface area contributed by atoms with Gasteiger partial charge in [0, 0.05) is 23.9 Å². The predicted molar refractivity (Wildman–Crippen MR) is 68.2 cm³/mol. The molecular weight excluding hydrogens is 236 g/mol. The van der Waals surface area contributed by atoms with E-state index in [0.29, 0.717) is 0 Å². The van der Waals surface area contributed by atoms with Gasteiger partial charge in [-0.05, 0) is 12.8 Å². The van der Waals surface area contributed by atoms with Crippen LogP contribution in [0.5, 0.6) is 0 Å². The Morgan fingerprint density at radius 2 is 2.29 bits per heavy atom. The van der Waals surface area contributed by atoms with Gasteiger partial charge in [-0.1, -0.05) is 19.1 Å². The molecule has 0 unspecified atom stereocenters. The van der Waals surface area contributed by atoms with Crippen molar-refractivity contribution in [2.45, 2.75) is 19.8 Å². The van der Waals surface area contributed by atoms with Gasteiger partial charge in [0.15, 0.2) is 0 Å². The molecule has 0 saturated heterocycles. The zero-order valence-electron chi connectivity index (χ0n) is 9.42. The van der Waals surface area contributed by atoms with Gasteiger partial charge in [0.05, 0.1) is 14.8 Å². The molecule has 4 nitrogen and oxygen atoms in total.